The molecule has 1 rings (SSSR count). The molecule has 96 valence electrons. The van der Waals surface area contributed by atoms with Gasteiger partial charge in [-0.1, -0.05) is 0 Å². The molecule has 0 aromatic carbocycles. The van der Waals surface area contributed by atoms with Gasteiger partial charge < -0.3 is 15.4 Å². The highest BCUT2D eigenvalue weighted by Gasteiger charge is 2.13. The van der Waals surface area contributed by atoms with Crippen LogP contribution in [-0.2, 0) is 11.2 Å². The van der Waals surface area contributed by atoms with Crippen LogP contribution in [0.2, 0.25) is 0 Å². The lowest BCUT2D eigenvalue weighted by atomic mass is 10.2. The Morgan fingerprint density at radius 1 is 1.71 bits per heavy atom. The first kappa shape index (κ1) is 14.1. The van der Waals surface area contributed by atoms with Crippen molar-refractivity contribution in [3.8, 4) is 0 Å². The number of nitrogens with one attached hydrogen (secondary N) is 2. The van der Waals surface area contributed by atoms with Crippen LogP contribution in [0.4, 0.5) is 0 Å². The number of hydrogen-bond donors (Lipinski definition) is 3. The van der Waals surface area contributed by atoms with Crippen molar-refractivity contribution in [3.63, 3.8) is 0 Å². The maximum Gasteiger partial charge on any atom is 0.248 e. The molecule has 5 nitrogen and oxygen atoms in total. The molecule has 17 heavy (non-hydrogen) atoms. The number of nitrogens with zero attached hydrogens (tertiary/aromatic N) is 1. The van der Waals surface area contributed by atoms with Gasteiger partial charge >= 0.3 is 0 Å². The van der Waals surface area contributed by atoms with Crippen molar-refractivity contribution in [3.05, 3.63) is 18.2 Å². The Morgan fingerprint density at radius 2 is 2.53 bits per heavy atom. The molecule has 0 aliphatic rings. The van der Waals surface area contributed by atoms with Crippen molar-refractivity contribution in [2.45, 2.75) is 25.4 Å². The second-order valence-electron chi connectivity index (χ2n) is 3.73. The van der Waals surface area contributed by atoms with Gasteiger partial charge in [-0.2, -0.15) is 11.8 Å². The third-order valence-electron chi connectivity index (χ3n) is 2.34. The van der Waals surface area contributed by atoms with Gasteiger partial charge in [-0.05, 0) is 24.9 Å². The number of carbonyl (C=O) groups excluding carboxylic acids is 1. The number of H-pyrrole nitrogens is 1. The predicted molar refractivity (Wildman–Crippen MR) is 68.9 cm³/mol. The summed E-state index contributed by atoms with van der Waals surface area (Å²) in [7, 11) is 0. The number of aliphatic hydroxyl groups is 1. The monoisotopic (exact) mass is 257 g/mol. The van der Waals surface area contributed by atoms with Crippen LogP contribution in [0.25, 0.3) is 0 Å². The lowest BCUT2D eigenvalue weighted by molar-refractivity contribution is -0.129. The first-order chi connectivity index (χ1) is 8.24. The summed E-state index contributed by atoms with van der Waals surface area (Å²) in [5, 5.41) is 12.2. The van der Waals surface area contributed by atoms with Gasteiger partial charge in [-0.15, -0.1) is 0 Å². The Kier molecular flexibility index (Phi) is 6.73. The van der Waals surface area contributed by atoms with E-state index < -0.39 is 6.10 Å². The molecule has 0 spiro atoms. The maximum atomic E-state index is 11.4. The van der Waals surface area contributed by atoms with Gasteiger partial charge in [0.05, 0.1) is 0 Å². The molecule has 1 aromatic rings. The lowest BCUT2D eigenvalue weighted by Crippen LogP contribution is -2.35. The number of amides is 1. The molecule has 0 saturated heterocycles. The number of aliphatic hydroxyl groups excluding tert-OH is 1. The SMILES string of the molecule is CSCC[C@H](O)C(=O)NCCCc1ncc[nH]1. The zero-order valence-electron chi connectivity index (χ0n) is 9.98. The molecule has 0 radical (unpaired) electrons. The van der Waals surface area contributed by atoms with Crippen LogP contribution in [0.15, 0.2) is 12.4 Å². The fourth-order valence-corrected chi connectivity index (χ4v) is 1.84. The van der Waals surface area contributed by atoms with E-state index >= 15 is 0 Å². The second kappa shape index (κ2) is 8.14. The minimum absolute atomic E-state index is 0.279. The normalized spacial score (nSPS) is 12.4. The smallest absolute Gasteiger partial charge is 0.248 e. The van der Waals surface area contributed by atoms with Crippen LogP contribution in [-0.4, -0.2) is 45.6 Å². The number of aryl methyl sites for hydroxylation is 1. The highest BCUT2D eigenvalue weighted by molar-refractivity contribution is 7.98. The largest absolute Gasteiger partial charge is 0.383 e. The Balaban J connectivity index is 2.07. The van der Waals surface area contributed by atoms with Crippen molar-refractivity contribution < 1.29 is 9.90 Å². The van der Waals surface area contributed by atoms with E-state index in [0.29, 0.717) is 13.0 Å². The van der Waals surface area contributed by atoms with E-state index in [1.807, 2.05) is 6.26 Å². The molecule has 0 saturated carbocycles. The van der Waals surface area contributed by atoms with Gasteiger partial charge in [0, 0.05) is 25.4 Å². The Hall–Kier alpha value is -1.01. The van der Waals surface area contributed by atoms with Crippen molar-refractivity contribution in [2.75, 3.05) is 18.6 Å². The molecule has 1 aromatic heterocycles. The summed E-state index contributed by atoms with van der Waals surface area (Å²) < 4.78 is 0. The highest BCUT2D eigenvalue weighted by atomic mass is 32.2. The second-order valence-corrected chi connectivity index (χ2v) is 4.71. The molecule has 1 atom stereocenters. The minimum atomic E-state index is -0.883. The fraction of sp³-hybridized carbons (Fsp3) is 0.636. The quantitative estimate of drug-likeness (QED) is 0.595. The molecule has 3 N–H and O–H groups in total. The molecule has 0 fully saturated rings. The predicted octanol–water partition coefficient (Wildman–Crippen LogP) is 0.572. The first-order valence-electron chi connectivity index (χ1n) is 5.67. The molecular weight excluding hydrogens is 238 g/mol. The summed E-state index contributed by atoms with van der Waals surface area (Å²) in [6.07, 6.45) is 6.67. The van der Waals surface area contributed by atoms with Gasteiger partial charge in [0.15, 0.2) is 0 Å². The third-order valence-corrected chi connectivity index (χ3v) is 2.99. The number of rotatable bonds is 8. The Labute approximate surface area is 105 Å². The van der Waals surface area contributed by atoms with Gasteiger partial charge in [-0.3, -0.25) is 4.79 Å². The number of thioether (sulfide) groups is 1. The van der Waals surface area contributed by atoms with Gasteiger partial charge in [0.2, 0.25) is 5.91 Å². The molecule has 0 unspecified atom stereocenters. The highest BCUT2D eigenvalue weighted by Crippen LogP contribution is 2.00. The van der Waals surface area contributed by atoms with Crippen LogP contribution in [0.5, 0.6) is 0 Å². The zero-order chi connectivity index (χ0) is 12.5. The summed E-state index contributed by atoms with van der Waals surface area (Å²) in [5.74, 6) is 1.43. The van der Waals surface area contributed by atoms with Crippen molar-refractivity contribution in [2.24, 2.45) is 0 Å². The van der Waals surface area contributed by atoms with E-state index in [1.165, 1.54) is 0 Å². The van der Waals surface area contributed by atoms with E-state index in [4.69, 9.17) is 0 Å². The van der Waals surface area contributed by atoms with E-state index in [-0.39, 0.29) is 5.91 Å². The topological polar surface area (TPSA) is 78.0 Å². The average molecular weight is 257 g/mol. The van der Waals surface area contributed by atoms with Gasteiger partial charge in [0.25, 0.3) is 0 Å². The molecule has 1 amide bonds. The standard InChI is InChI=1S/C11H19N3O2S/c1-17-8-4-9(15)11(16)14-5-2-3-10-12-6-7-13-10/h6-7,9,15H,2-5,8H2,1H3,(H,12,13)(H,14,16)/t9-/m0/s1. The van der Waals surface area contributed by atoms with Crippen LogP contribution in [0.3, 0.4) is 0 Å². The van der Waals surface area contributed by atoms with E-state index in [2.05, 4.69) is 15.3 Å². The summed E-state index contributed by atoms with van der Waals surface area (Å²) in [6, 6.07) is 0. The van der Waals surface area contributed by atoms with Gasteiger partial charge in [0.1, 0.15) is 11.9 Å². The number of aromatic amines is 1. The lowest BCUT2D eigenvalue weighted by Gasteiger charge is -2.10. The van der Waals surface area contributed by atoms with Crippen LogP contribution in [0, 0.1) is 0 Å². The maximum absolute atomic E-state index is 11.4. The molecule has 0 aliphatic heterocycles. The van der Waals surface area contributed by atoms with E-state index in [9.17, 15) is 9.90 Å². The first-order valence-corrected chi connectivity index (χ1v) is 7.06. The van der Waals surface area contributed by atoms with Crippen molar-refractivity contribution in [1.29, 1.82) is 0 Å². The molecular formula is C11H19N3O2S. The number of hydrogen-bond acceptors (Lipinski definition) is 4. The summed E-state index contributed by atoms with van der Waals surface area (Å²) >= 11 is 1.62. The molecule has 0 bridgehead atoms. The minimum Gasteiger partial charge on any atom is -0.383 e. The zero-order valence-corrected chi connectivity index (χ0v) is 10.8. The number of carbonyl (C=O) groups is 1. The fourth-order valence-electron chi connectivity index (χ4n) is 1.38. The average Bonchev–Trinajstić information content (AvgIpc) is 2.84. The van der Waals surface area contributed by atoms with Crippen LogP contribution < -0.4 is 5.32 Å². The van der Waals surface area contributed by atoms with Gasteiger partial charge in [-0.25, -0.2) is 4.98 Å². The summed E-state index contributed by atoms with van der Waals surface area (Å²) in [5.41, 5.74) is 0. The molecule has 0 aliphatic carbocycles. The van der Waals surface area contributed by atoms with Crippen molar-refractivity contribution in [1.82, 2.24) is 15.3 Å². The Bertz CT molecular complexity index is 317. The summed E-state index contributed by atoms with van der Waals surface area (Å²) in [4.78, 5) is 18.5. The molecule has 6 heteroatoms. The third kappa shape index (κ3) is 5.74. The van der Waals surface area contributed by atoms with Crippen LogP contribution >= 0.6 is 11.8 Å². The Morgan fingerprint density at radius 3 is 3.18 bits per heavy atom. The molecule has 1 heterocycles. The van der Waals surface area contributed by atoms with Crippen molar-refractivity contribution >= 4 is 17.7 Å². The number of imidazole rings is 1. The summed E-state index contributed by atoms with van der Waals surface area (Å²) in [6.45, 7) is 0.565. The van der Waals surface area contributed by atoms with E-state index in [1.54, 1.807) is 24.2 Å². The van der Waals surface area contributed by atoms with Crippen LogP contribution in [0.1, 0.15) is 18.7 Å². The number of aromatic nitrogens is 2. The van der Waals surface area contributed by atoms with E-state index in [0.717, 1.165) is 24.4 Å².